The number of aromatic nitrogens is 4. The average Bonchev–Trinajstić information content (AvgIpc) is 3.17. The fourth-order valence-corrected chi connectivity index (χ4v) is 7.04. The van der Waals surface area contributed by atoms with Gasteiger partial charge in [-0.25, -0.2) is 15.0 Å². The molecular formula is C46H32N4. The lowest BCUT2D eigenvalue weighted by molar-refractivity contribution is 1.12. The molecule has 9 rings (SSSR count). The Kier molecular flexibility index (Phi) is 7.21. The number of hydrogen-bond donors (Lipinski definition) is 0. The molecule has 0 aliphatic rings. The predicted octanol–water partition coefficient (Wildman–Crippen LogP) is 11.7. The maximum atomic E-state index is 5.17. The van der Waals surface area contributed by atoms with Crippen molar-refractivity contribution in [2.45, 2.75) is 13.8 Å². The molecule has 0 bridgehead atoms. The van der Waals surface area contributed by atoms with E-state index in [1.807, 2.05) is 25.1 Å². The lowest BCUT2D eigenvalue weighted by Crippen LogP contribution is -1.97. The molecule has 0 unspecified atom stereocenters. The van der Waals surface area contributed by atoms with E-state index in [1.54, 1.807) is 0 Å². The summed E-state index contributed by atoms with van der Waals surface area (Å²) in [5.41, 5.74) is 13.3. The smallest absolute Gasteiger partial charge is 0.160 e. The molecular weight excluding hydrogens is 609 g/mol. The van der Waals surface area contributed by atoms with Crippen LogP contribution in [0, 0.1) is 13.8 Å². The van der Waals surface area contributed by atoms with Gasteiger partial charge in [-0.05, 0) is 54.6 Å². The van der Waals surface area contributed by atoms with E-state index in [0.717, 1.165) is 83.3 Å². The predicted molar refractivity (Wildman–Crippen MR) is 207 cm³/mol. The first-order valence-corrected chi connectivity index (χ1v) is 16.9. The molecule has 0 saturated heterocycles. The Morgan fingerprint density at radius 2 is 1.06 bits per heavy atom. The van der Waals surface area contributed by atoms with E-state index in [-0.39, 0.29) is 0 Å². The van der Waals surface area contributed by atoms with Crippen LogP contribution in [-0.4, -0.2) is 19.9 Å². The van der Waals surface area contributed by atoms with Gasteiger partial charge in [0.2, 0.25) is 0 Å². The van der Waals surface area contributed by atoms with E-state index in [1.165, 1.54) is 10.9 Å². The second kappa shape index (κ2) is 12.2. The topological polar surface area (TPSA) is 51.6 Å². The van der Waals surface area contributed by atoms with Crippen molar-refractivity contribution in [1.29, 1.82) is 0 Å². The van der Waals surface area contributed by atoms with Gasteiger partial charge in [0.25, 0.3) is 0 Å². The Morgan fingerprint density at radius 3 is 1.86 bits per heavy atom. The van der Waals surface area contributed by atoms with Gasteiger partial charge in [-0.2, -0.15) is 0 Å². The van der Waals surface area contributed by atoms with Gasteiger partial charge in [0.05, 0.1) is 22.4 Å². The fraction of sp³-hybridized carbons (Fsp3) is 0.0435. The molecule has 0 radical (unpaired) electrons. The fourth-order valence-electron chi connectivity index (χ4n) is 7.04. The zero-order valence-corrected chi connectivity index (χ0v) is 27.8. The van der Waals surface area contributed by atoms with Gasteiger partial charge >= 0.3 is 0 Å². The highest BCUT2D eigenvalue weighted by atomic mass is 14.9. The lowest BCUT2D eigenvalue weighted by Gasteiger charge is -2.14. The SMILES string of the molecule is Cc1ccc(-c2cccc(-c3nc(-c4ccccc4)cc(-c4ccc(-c5c6ccccc6nc6c5ccc5ccccc56)cc4)n3)c2)c(C)n1. The number of pyridine rings is 2. The summed E-state index contributed by atoms with van der Waals surface area (Å²) in [6, 6.07) is 55.2. The number of benzene rings is 6. The molecule has 9 aromatic rings. The van der Waals surface area contributed by atoms with Crippen LogP contribution >= 0.6 is 0 Å². The molecule has 0 N–H and O–H groups in total. The van der Waals surface area contributed by atoms with Crippen molar-refractivity contribution in [2.24, 2.45) is 0 Å². The number of hydrogen-bond acceptors (Lipinski definition) is 4. The summed E-state index contributed by atoms with van der Waals surface area (Å²) in [6.07, 6.45) is 0. The highest BCUT2D eigenvalue weighted by molar-refractivity contribution is 6.16. The normalized spacial score (nSPS) is 11.4. The molecule has 3 heterocycles. The maximum Gasteiger partial charge on any atom is 0.160 e. The summed E-state index contributed by atoms with van der Waals surface area (Å²) in [5, 5.41) is 4.63. The Balaban J connectivity index is 1.18. The number of aryl methyl sites for hydroxylation is 2. The number of nitrogens with zero attached hydrogens (tertiary/aromatic N) is 4. The van der Waals surface area contributed by atoms with Gasteiger partial charge in [-0.1, -0.05) is 133 Å². The van der Waals surface area contributed by atoms with Crippen LogP contribution in [0.25, 0.3) is 88.7 Å². The summed E-state index contributed by atoms with van der Waals surface area (Å²) in [4.78, 5) is 20.1. The minimum atomic E-state index is 0.683. The molecule has 3 aromatic heterocycles. The molecule has 0 atom stereocenters. The third-order valence-corrected chi connectivity index (χ3v) is 9.50. The molecule has 0 aliphatic heterocycles. The lowest BCUT2D eigenvalue weighted by atomic mass is 9.93. The van der Waals surface area contributed by atoms with Gasteiger partial charge in [-0.3, -0.25) is 4.98 Å². The van der Waals surface area contributed by atoms with E-state index >= 15 is 0 Å². The van der Waals surface area contributed by atoms with E-state index in [2.05, 4.69) is 146 Å². The third-order valence-electron chi connectivity index (χ3n) is 9.50. The van der Waals surface area contributed by atoms with Gasteiger partial charge in [0.15, 0.2) is 5.82 Å². The second-order valence-corrected chi connectivity index (χ2v) is 12.8. The molecule has 4 heteroatoms. The van der Waals surface area contributed by atoms with Gasteiger partial charge < -0.3 is 0 Å². The van der Waals surface area contributed by atoms with E-state index in [9.17, 15) is 0 Å². The summed E-state index contributed by atoms with van der Waals surface area (Å²) in [6.45, 7) is 4.08. The zero-order valence-electron chi connectivity index (χ0n) is 27.8. The van der Waals surface area contributed by atoms with Crippen LogP contribution in [0.1, 0.15) is 11.4 Å². The van der Waals surface area contributed by atoms with Crippen molar-refractivity contribution < 1.29 is 0 Å². The monoisotopic (exact) mass is 640 g/mol. The first-order valence-electron chi connectivity index (χ1n) is 16.9. The maximum absolute atomic E-state index is 5.17. The Bertz CT molecular complexity index is 2720. The highest BCUT2D eigenvalue weighted by Crippen LogP contribution is 2.38. The first kappa shape index (κ1) is 29.6. The van der Waals surface area contributed by atoms with Crippen LogP contribution in [0.2, 0.25) is 0 Å². The van der Waals surface area contributed by atoms with Gasteiger partial charge in [0, 0.05) is 55.4 Å². The van der Waals surface area contributed by atoms with Crippen molar-refractivity contribution in [1.82, 2.24) is 19.9 Å². The van der Waals surface area contributed by atoms with Crippen molar-refractivity contribution in [3.8, 4) is 56.2 Å². The minimum Gasteiger partial charge on any atom is -0.258 e. The quantitative estimate of drug-likeness (QED) is 0.139. The molecule has 0 amide bonds. The summed E-state index contributed by atoms with van der Waals surface area (Å²) in [7, 11) is 0. The van der Waals surface area contributed by atoms with Crippen LogP contribution in [0.4, 0.5) is 0 Å². The van der Waals surface area contributed by atoms with Crippen LogP contribution in [0.3, 0.4) is 0 Å². The van der Waals surface area contributed by atoms with E-state index in [4.69, 9.17) is 19.9 Å². The van der Waals surface area contributed by atoms with E-state index in [0.29, 0.717) is 5.82 Å². The third kappa shape index (κ3) is 5.28. The van der Waals surface area contributed by atoms with E-state index < -0.39 is 0 Å². The molecule has 236 valence electrons. The Labute approximate surface area is 290 Å². The van der Waals surface area contributed by atoms with Crippen LogP contribution < -0.4 is 0 Å². The minimum absolute atomic E-state index is 0.683. The second-order valence-electron chi connectivity index (χ2n) is 12.8. The molecule has 0 aliphatic carbocycles. The standard InChI is InChI=1S/C46H32N4/c1-29-19-25-37(30(2)47-29)35-14-10-15-36(27-35)46-49-42(32-12-4-3-5-13-32)28-43(50-46)33-20-22-34(23-21-33)44-39-17-8-9-18-41(39)48-45-38-16-7-6-11-31(38)24-26-40(44)45/h3-28H,1-2H3. The van der Waals surface area contributed by atoms with Crippen molar-refractivity contribution in [3.05, 3.63) is 169 Å². The van der Waals surface area contributed by atoms with Gasteiger partial charge in [-0.15, -0.1) is 0 Å². The van der Waals surface area contributed by atoms with Crippen molar-refractivity contribution >= 4 is 32.6 Å². The van der Waals surface area contributed by atoms with Crippen molar-refractivity contribution in [3.63, 3.8) is 0 Å². The zero-order chi connectivity index (χ0) is 33.6. The largest absolute Gasteiger partial charge is 0.258 e. The number of rotatable bonds is 5. The van der Waals surface area contributed by atoms with Crippen LogP contribution in [-0.2, 0) is 0 Å². The average molecular weight is 641 g/mol. The number of para-hydroxylation sites is 1. The molecule has 0 saturated carbocycles. The Hall–Kier alpha value is -6.52. The summed E-state index contributed by atoms with van der Waals surface area (Å²) >= 11 is 0. The van der Waals surface area contributed by atoms with Crippen molar-refractivity contribution in [2.75, 3.05) is 0 Å². The number of fused-ring (bicyclic) bond motifs is 4. The van der Waals surface area contributed by atoms with Gasteiger partial charge in [0.1, 0.15) is 0 Å². The molecule has 0 fully saturated rings. The Morgan fingerprint density at radius 1 is 0.400 bits per heavy atom. The molecule has 6 aromatic carbocycles. The molecule has 4 nitrogen and oxygen atoms in total. The molecule has 50 heavy (non-hydrogen) atoms. The molecule has 0 spiro atoms. The summed E-state index contributed by atoms with van der Waals surface area (Å²) in [5.74, 6) is 0.683. The van der Waals surface area contributed by atoms with Crippen LogP contribution in [0.15, 0.2) is 158 Å². The van der Waals surface area contributed by atoms with Crippen LogP contribution in [0.5, 0.6) is 0 Å². The first-order chi connectivity index (χ1) is 24.6. The highest BCUT2D eigenvalue weighted by Gasteiger charge is 2.16. The summed E-state index contributed by atoms with van der Waals surface area (Å²) < 4.78 is 0.